The molecular formula is C11H14O3S. The minimum Gasteiger partial charge on any atom is -0.294 e. The van der Waals surface area contributed by atoms with E-state index in [-0.39, 0.29) is 11.7 Å². The first-order valence-electron chi connectivity index (χ1n) is 4.69. The molecule has 0 saturated carbocycles. The van der Waals surface area contributed by atoms with E-state index in [1.807, 2.05) is 32.9 Å². The van der Waals surface area contributed by atoms with Gasteiger partial charge in [-0.25, -0.2) is 5.26 Å². The van der Waals surface area contributed by atoms with Crippen LogP contribution in [-0.2, 0) is 4.33 Å². The third-order valence-electron chi connectivity index (χ3n) is 2.05. The van der Waals surface area contributed by atoms with Crippen LogP contribution in [-0.4, -0.2) is 11.0 Å². The molecule has 0 unspecified atom stereocenters. The van der Waals surface area contributed by atoms with Crippen LogP contribution in [0.4, 0.5) is 0 Å². The molecule has 0 amide bonds. The lowest BCUT2D eigenvalue weighted by atomic mass is 10.00. The van der Waals surface area contributed by atoms with Crippen LogP contribution in [0.5, 0.6) is 0 Å². The maximum atomic E-state index is 11.8. The molecule has 4 heteroatoms. The van der Waals surface area contributed by atoms with Gasteiger partial charge in [-0.3, -0.25) is 4.79 Å². The number of carbonyl (C=O) groups is 1. The molecule has 0 heterocycles. The highest BCUT2D eigenvalue weighted by atomic mass is 32.2. The third-order valence-corrected chi connectivity index (χ3v) is 2.66. The average molecular weight is 226 g/mol. The van der Waals surface area contributed by atoms with Gasteiger partial charge < -0.3 is 0 Å². The molecule has 0 fully saturated rings. The molecule has 0 radical (unpaired) electrons. The van der Waals surface area contributed by atoms with E-state index >= 15 is 0 Å². The number of carbonyl (C=O) groups excluding carboxylic acids is 1. The Labute approximate surface area is 93.6 Å². The molecule has 15 heavy (non-hydrogen) atoms. The highest BCUT2D eigenvalue weighted by Crippen LogP contribution is 2.26. The quantitative estimate of drug-likeness (QED) is 0.370. The fraction of sp³-hybridized carbons (Fsp3) is 0.364. The van der Waals surface area contributed by atoms with E-state index in [1.165, 1.54) is 0 Å². The summed E-state index contributed by atoms with van der Waals surface area (Å²) in [5.74, 6) is -0.0110. The number of ketones is 1. The zero-order chi connectivity index (χ0) is 11.4. The van der Waals surface area contributed by atoms with Crippen LogP contribution in [0, 0.1) is 12.8 Å². The fourth-order valence-corrected chi connectivity index (χ4v) is 1.71. The van der Waals surface area contributed by atoms with Gasteiger partial charge in [0, 0.05) is 16.4 Å². The zero-order valence-electron chi connectivity index (χ0n) is 8.98. The van der Waals surface area contributed by atoms with E-state index in [2.05, 4.69) is 4.33 Å². The molecule has 3 nitrogen and oxygen atoms in total. The van der Waals surface area contributed by atoms with Gasteiger partial charge in [0.1, 0.15) is 0 Å². The summed E-state index contributed by atoms with van der Waals surface area (Å²) >= 11 is 0.791. The number of hydrogen-bond acceptors (Lipinski definition) is 4. The van der Waals surface area contributed by atoms with Crippen molar-refractivity contribution in [2.75, 3.05) is 0 Å². The summed E-state index contributed by atoms with van der Waals surface area (Å²) in [4.78, 5) is 12.5. The topological polar surface area (TPSA) is 46.5 Å². The number of aryl methyl sites for hydroxylation is 1. The van der Waals surface area contributed by atoms with Crippen molar-refractivity contribution in [1.29, 1.82) is 0 Å². The molecule has 0 bridgehead atoms. The standard InChI is InChI=1S/C11H14O3S/c1-7(2)11(12)9-6-8(3)4-5-10(9)15-14-13/h4-7,13H,1-3H3. The van der Waals surface area contributed by atoms with Crippen LogP contribution in [0.2, 0.25) is 0 Å². The Morgan fingerprint density at radius 2 is 2.13 bits per heavy atom. The summed E-state index contributed by atoms with van der Waals surface area (Å²) in [5.41, 5.74) is 1.62. The Morgan fingerprint density at radius 1 is 1.47 bits per heavy atom. The van der Waals surface area contributed by atoms with Gasteiger partial charge in [-0.2, -0.15) is 4.33 Å². The van der Waals surface area contributed by atoms with Crippen LogP contribution in [0.15, 0.2) is 23.1 Å². The molecule has 0 aromatic heterocycles. The third kappa shape index (κ3) is 3.06. The predicted octanol–water partition coefficient (Wildman–Crippen LogP) is 3.33. The lowest BCUT2D eigenvalue weighted by Gasteiger charge is -2.09. The summed E-state index contributed by atoms with van der Waals surface area (Å²) in [6.45, 7) is 5.61. The van der Waals surface area contributed by atoms with Crippen molar-refractivity contribution >= 4 is 17.8 Å². The monoisotopic (exact) mass is 226 g/mol. The van der Waals surface area contributed by atoms with Gasteiger partial charge in [-0.05, 0) is 19.1 Å². The molecule has 1 N–H and O–H groups in total. The van der Waals surface area contributed by atoms with Gasteiger partial charge in [-0.1, -0.05) is 25.5 Å². The second kappa shape index (κ2) is 5.30. The summed E-state index contributed by atoms with van der Waals surface area (Å²) in [7, 11) is 0. The first-order valence-corrected chi connectivity index (χ1v) is 5.43. The minimum atomic E-state index is -0.0650. The highest BCUT2D eigenvalue weighted by molar-refractivity contribution is 7.94. The van der Waals surface area contributed by atoms with Crippen LogP contribution in [0.25, 0.3) is 0 Å². The fourth-order valence-electron chi connectivity index (χ4n) is 1.26. The Kier molecular flexibility index (Phi) is 4.32. The predicted molar refractivity (Wildman–Crippen MR) is 59.9 cm³/mol. The van der Waals surface area contributed by atoms with Crippen molar-refractivity contribution in [1.82, 2.24) is 0 Å². The van der Waals surface area contributed by atoms with E-state index in [1.54, 1.807) is 6.07 Å². The Morgan fingerprint density at radius 3 is 2.67 bits per heavy atom. The maximum absolute atomic E-state index is 11.8. The van der Waals surface area contributed by atoms with Gasteiger partial charge >= 0.3 is 0 Å². The Hall–Kier alpha value is -0.840. The minimum absolute atomic E-state index is 0.0539. The van der Waals surface area contributed by atoms with E-state index in [9.17, 15) is 4.79 Å². The lowest BCUT2D eigenvalue weighted by molar-refractivity contribution is -0.116. The summed E-state index contributed by atoms with van der Waals surface area (Å²) < 4.78 is 4.00. The van der Waals surface area contributed by atoms with Crippen LogP contribution in [0.1, 0.15) is 29.8 Å². The van der Waals surface area contributed by atoms with Crippen molar-refractivity contribution in [3.05, 3.63) is 29.3 Å². The van der Waals surface area contributed by atoms with Crippen molar-refractivity contribution in [2.45, 2.75) is 25.7 Å². The Balaban J connectivity index is 3.12. The number of rotatable bonds is 4. The first-order chi connectivity index (χ1) is 7.06. The molecule has 1 rings (SSSR count). The molecule has 1 aromatic carbocycles. The Bertz CT molecular complexity index is 361. The van der Waals surface area contributed by atoms with Gasteiger partial charge in [0.25, 0.3) is 0 Å². The van der Waals surface area contributed by atoms with E-state index in [4.69, 9.17) is 5.26 Å². The normalized spacial score (nSPS) is 10.7. The molecule has 0 spiro atoms. The van der Waals surface area contributed by atoms with Crippen molar-refractivity contribution in [3.63, 3.8) is 0 Å². The summed E-state index contributed by atoms with van der Waals surface area (Å²) in [6, 6.07) is 5.45. The van der Waals surface area contributed by atoms with Crippen LogP contribution < -0.4 is 0 Å². The summed E-state index contributed by atoms with van der Waals surface area (Å²) in [6.07, 6.45) is 0. The first kappa shape index (κ1) is 12.2. The molecule has 82 valence electrons. The van der Waals surface area contributed by atoms with E-state index in [0.717, 1.165) is 17.6 Å². The van der Waals surface area contributed by atoms with Crippen LogP contribution in [0.3, 0.4) is 0 Å². The number of Topliss-reactive ketones (excluding diaryl/α,β-unsaturated/α-hetero) is 1. The molecule has 0 aliphatic heterocycles. The lowest BCUT2D eigenvalue weighted by Crippen LogP contribution is -2.09. The summed E-state index contributed by atoms with van der Waals surface area (Å²) in [5, 5.41) is 8.39. The maximum Gasteiger partial charge on any atom is 0.166 e. The molecule has 0 aliphatic carbocycles. The average Bonchev–Trinajstić information content (AvgIpc) is 2.20. The molecule has 1 aromatic rings. The zero-order valence-corrected chi connectivity index (χ0v) is 9.80. The number of benzene rings is 1. The van der Waals surface area contributed by atoms with Crippen LogP contribution >= 0.6 is 12.0 Å². The van der Waals surface area contributed by atoms with Crippen molar-refractivity contribution in [3.8, 4) is 0 Å². The SMILES string of the molecule is Cc1ccc(SOO)c(C(=O)C(C)C)c1. The molecule has 0 atom stereocenters. The van der Waals surface area contributed by atoms with Gasteiger partial charge in [0.15, 0.2) is 5.78 Å². The molecular weight excluding hydrogens is 212 g/mol. The van der Waals surface area contributed by atoms with Crippen molar-refractivity contribution < 1.29 is 14.4 Å². The van der Waals surface area contributed by atoms with Gasteiger partial charge in [0.2, 0.25) is 0 Å². The second-order valence-electron chi connectivity index (χ2n) is 3.68. The van der Waals surface area contributed by atoms with Gasteiger partial charge in [-0.15, -0.1) is 0 Å². The largest absolute Gasteiger partial charge is 0.294 e. The smallest absolute Gasteiger partial charge is 0.166 e. The van der Waals surface area contributed by atoms with E-state index < -0.39 is 0 Å². The highest BCUT2D eigenvalue weighted by Gasteiger charge is 2.15. The van der Waals surface area contributed by atoms with Crippen molar-refractivity contribution in [2.24, 2.45) is 5.92 Å². The number of hydrogen-bond donors (Lipinski definition) is 1. The molecule has 0 saturated heterocycles. The second-order valence-corrected chi connectivity index (χ2v) is 4.43. The molecule has 0 aliphatic rings. The van der Waals surface area contributed by atoms with E-state index in [0.29, 0.717) is 10.5 Å². The van der Waals surface area contributed by atoms with Gasteiger partial charge in [0.05, 0.1) is 12.0 Å².